The summed E-state index contributed by atoms with van der Waals surface area (Å²) in [6.07, 6.45) is 4.10. The predicted molar refractivity (Wildman–Crippen MR) is 53.0 cm³/mol. The highest BCUT2D eigenvalue weighted by atomic mass is 16.2. The molecule has 0 saturated carbocycles. The Bertz CT molecular complexity index is 372. The third-order valence-corrected chi connectivity index (χ3v) is 2.17. The summed E-state index contributed by atoms with van der Waals surface area (Å²) < 4.78 is 0. The number of carbonyl (C=O) groups excluding carboxylic acids is 1. The van der Waals surface area contributed by atoms with Crippen LogP contribution >= 0.6 is 0 Å². The van der Waals surface area contributed by atoms with E-state index in [1.54, 1.807) is 12.4 Å². The van der Waals surface area contributed by atoms with Crippen LogP contribution in [0.5, 0.6) is 0 Å². The van der Waals surface area contributed by atoms with Gasteiger partial charge in [0, 0.05) is 18.0 Å². The van der Waals surface area contributed by atoms with Gasteiger partial charge in [-0.15, -0.1) is 0 Å². The molecule has 72 valence electrons. The summed E-state index contributed by atoms with van der Waals surface area (Å²) in [5, 5.41) is 2.75. The second-order valence-electron chi connectivity index (χ2n) is 3.13. The zero-order chi connectivity index (χ0) is 9.97. The Balaban J connectivity index is 2.26. The minimum absolute atomic E-state index is 0.0145. The third-order valence-electron chi connectivity index (χ3n) is 2.17. The topological polar surface area (TPSA) is 54.4 Å². The van der Waals surface area contributed by atoms with Crippen molar-refractivity contribution >= 4 is 11.7 Å². The van der Waals surface area contributed by atoms with Gasteiger partial charge in [-0.1, -0.05) is 6.92 Å². The van der Waals surface area contributed by atoms with Crippen molar-refractivity contribution < 1.29 is 4.79 Å². The van der Waals surface area contributed by atoms with Crippen molar-refractivity contribution in [3.8, 4) is 0 Å². The maximum atomic E-state index is 11.3. The summed E-state index contributed by atoms with van der Waals surface area (Å²) >= 11 is 0. The van der Waals surface area contributed by atoms with Gasteiger partial charge in [0.05, 0.1) is 0 Å². The molecule has 0 aromatic carbocycles. The Morgan fingerprint density at radius 1 is 1.43 bits per heavy atom. The molecule has 4 nitrogen and oxygen atoms in total. The third kappa shape index (κ3) is 1.51. The highest BCUT2D eigenvalue weighted by Crippen LogP contribution is 2.09. The first-order valence-corrected chi connectivity index (χ1v) is 4.60. The Labute approximate surface area is 82.1 Å². The van der Waals surface area contributed by atoms with Gasteiger partial charge in [0.25, 0.3) is 0 Å². The molecule has 1 N–H and O–H groups in total. The van der Waals surface area contributed by atoms with Gasteiger partial charge in [-0.25, -0.2) is 0 Å². The quantitative estimate of drug-likeness (QED) is 0.745. The number of carbonyl (C=O) groups is 1. The molecule has 0 saturated heterocycles. The molecule has 2 rings (SSSR count). The zero-order valence-electron chi connectivity index (χ0n) is 7.90. The largest absolute Gasteiger partial charge is 0.309 e. The Hall–Kier alpha value is -1.71. The summed E-state index contributed by atoms with van der Waals surface area (Å²) in [6, 6.07) is 3.44. The molecule has 1 unspecified atom stereocenters. The maximum Gasteiger partial charge on any atom is 0.250 e. The van der Waals surface area contributed by atoms with E-state index in [9.17, 15) is 4.79 Å². The van der Waals surface area contributed by atoms with E-state index < -0.39 is 0 Å². The van der Waals surface area contributed by atoms with Crippen LogP contribution in [0.15, 0.2) is 29.5 Å². The fourth-order valence-corrected chi connectivity index (χ4v) is 1.38. The van der Waals surface area contributed by atoms with Crippen LogP contribution in [0.1, 0.15) is 18.9 Å². The Morgan fingerprint density at radius 2 is 2.14 bits per heavy atom. The molecule has 1 aromatic heterocycles. The van der Waals surface area contributed by atoms with Gasteiger partial charge in [-0.3, -0.25) is 14.8 Å². The van der Waals surface area contributed by atoms with Gasteiger partial charge in [-0.2, -0.15) is 0 Å². The van der Waals surface area contributed by atoms with E-state index in [4.69, 9.17) is 0 Å². The monoisotopic (exact) mass is 189 g/mol. The van der Waals surface area contributed by atoms with Crippen LogP contribution in [0.4, 0.5) is 0 Å². The first-order valence-electron chi connectivity index (χ1n) is 4.60. The summed E-state index contributed by atoms with van der Waals surface area (Å²) in [4.78, 5) is 19.5. The molecule has 14 heavy (non-hydrogen) atoms. The van der Waals surface area contributed by atoms with Crippen molar-refractivity contribution in [2.75, 3.05) is 0 Å². The van der Waals surface area contributed by atoms with Gasteiger partial charge >= 0.3 is 0 Å². The minimum Gasteiger partial charge on any atom is -0.309 e. The van der Waals surface area contributed by atoms with Gasteiger partial charge in [0.2, 0.25) is 5.91 Å². The molecule has 2 heterocycles. The van der Waals surface area contributed by atoms with Crippen molar-refractivity contribution in [2.45, 2.75) is 19.4 Å². The number of aromatic nitrogens is 1. The SMILES string of the molecule is CCC1N=C(c2ccncc2)NC1=O. The zero-order valence-corrected chi connectivity index (χ0v) is 7.90. The van der Waals surface area contributed by atoms with E-state index >= 15 is 0 Å². The lowest BCUT2D eigenvalue weighted by Gasteiger charge is -1.98. The summed E-state index contributed by atoms with van der Waals surface area (Å²) in [5.74, 6) is 0.642. The summed E-state index contributed by atoms with van der Waals surface area (Å²) in [7, 11) is 0. The molecule has 0 radical (unpaired) electrons. The molecule has 4 heteroatoms. The van der Waals surface area contributed by atoms with E-state index in [1.807, 2.05) is 19.1 Å². The fourth-order valence-electron chi connectivity index (χ4n) is 1.38. The molecule has 1 aliphatic heterocycles. The van der Waals surface area contributed by atoms with Crippen molar-refractivity contribution in [2.24, 2.45) is 4.99 Å². The Kier molecular flexibility index (Phi) is 2.26. The van der Waals surface area contributed by atoms with Crippen LogP contribution in [0.25, 0.3) is 0 Å². The predicted octanol–water partition coefficient (Wildman–Crippen LogP) is 0.737. The maximum absolute atomic E-state index is 11.3. The van der Waals surface area contributed by atoms with Crippen LogP contribution in [-0.4, -0.2) is 22.8 Å². The molecule has 1 aromatic rings. The molecular formula is C10H11N3O. The molecular weight excluding hydrogens is 178 g/mol. The molecule has 1 atom stereocenters. The molecule has 1 amide bonds. The summed E-state index contributed by atoms with van der Waals surface area (Å²) in [5.41, 5.74) is 0.907. The number of pyridine rings is 1. The van der Waals surface area contributed by atoms with E-state index in [0.717, 1.165) is 12.0 Å². The first kappa shape index (κ1) is 8.87. The van der Waals surface area contributed by atoms with Gasteiger partial charge in [0.1, 0.15) is 11.9 Å². The number of aliphatic imine (C=N–C) groups is 1. The van der Waals surface area contributed by atoms with E-state index in [2.05, 4.69) is 15.3 Å². The number of hydrogen-bond donors (Lipinski definition) is 1. The molecule has 0 fully saturated rings. The summed E-state index contributed by atoms with van der Waals surface area (Å²) in [6.45, 7) is 1.95. The van der Waals surface area contributed by atoms with Crippen LogP contribution in [-0.2, 0) is 4.79 Å². The van der Waals surface area contributed by atoms with Crippen LogP contribution in [0, 0.1) is 0 Å². The number of hydrogen-bond acceptors (Lipinski definition) is 3. The normalized spacial score (nSPS) is 20.5. The second kappa shape index (κ2) is 3.57. The van der Waals surface area contributed by atoms with Crippen LogP contribution in [0.3, 0.4) is 0 Å². The minimum atomic E-state index is -0.224. The van der Waals surface area contributed by atoms with Crippen LogP contribution < -0.4 is 5.32 Å². The molecule has 0 spiro atoms. The number of nitrogens with zero attached hydrogens (tertiary/aromatic N) is 2. The van der Waals surface area contributed by atoms with Gasteiger partial charge in [-0.05, 0) is 18.6 Å². The van der Waals surface area contributed by atoms with Crippen molar-refractivity contribution in [3.05, 3.63) is 30.1 Å². The molecule has 1 aliphatic rings. The number of nitrogens with one attached hydrogen (secondary N) is 1. The van der Waals surface area contributed by atoms with E-state index in [-0.39, 0.29) is 11.9 Å². The van der Waals surface area contributed by atoms with E-state index in [0.29, 0.717) is 5.84 Å². The van der Waals surface area contributed by atoms with Crippen LogP contribution in [0.2, 0.25) is 0 Å². The average Bonchev–Trinajstić information content (AvgIpc) is 2.61. The van der Waals surface area contributed by atoms with Gasteiger partial charge < -0.3 is 5.32 Å². The first-order chi connectivity index (χ1) is 6.81. The Morgan fingerprint density at radius 3 is 2.71 bits per heavy atom. The smallest absolute Gasteiger partial charge is 0.250 e. The average molecular weight is 189 g/mol. The fraction of sp³-hybridized carbons (Fsp3) is 0.300. The molecule has 0 bridgehead atoms. The number of amidine groups is 1. The standard InChI is InChI=1S/C10H11N3O/c1-2-8-10(14)13-9(12-8)7-3-5-11-6-4-7/h3-6,8H,2H2,1H3,(H,12,13,14). The highest BCUT2D eigenvalue weighted by Gasteiger charge is 2.24. The lowest BCUT2D eigenvalue weighted by atomic mass is 10.2. The van der Waals surface area contributed by atoms with Gasteiger partial charge in [0.15, 0.2) is 0 Å². The van der Waals surface area contributed by atoms with E-state index in [1.165, 1.54) is 0 Å². The lowest BCUT2D eigenvalue weighted by molar-refractivity contribution is -0.120. The van der Waals surface area contributed by atoms with Crippen molar-refractivity contribution in [1.82, 2.24) is 10.3 Å². The highest BCUT2D eigenvalue weighted by molar-refractivity contribution is 6.13. The van der Waals surface area contributed by atoms with Crippen molar-refractivity contribution in [3.63, 3.8) is 0 Å². The lowest BCUT2D eigenvalue weighted by Crippen LogP contribution is -2.28. The second-order valence-corrected chi connectivity index (χ2v) is 3.13. The molecule has 0 aliphatic carbocycles. The van der Waals surface area contributed by atoms with Crippen molar-refractivity contribution in [1.29, 1.82) is 0 Å². The number of amides is 1. The number of rotatable bonds is 2.